The summed E-state index contributed by atoms with van der Waals surface area (Å²) in [5, 5.41) is 6.70. The maximum atomic E-state index is 13.3. The Kier molecular flexibility index (Phi) is 8.79. The summed E-state index contributed by atoms with van der Waals surface area (Å²) in [6.07, 6.45) is 17.7. The van der Waals surface area contributed by atoms with Crippen molar-refractivity contribution in [3.05, 3.63) is 77.0 Å². The molecule has 2 aliphatic rings. The minimum absolute atomic E-state index is 0.0163. The third-order valence-corrected chi connectivity index (χ3v) is 5.83. The van der Waals surface area contributed by atoms with Crippen LogP contribution in [0.2, 0.25) is 0 Å². The molecular formula is C27H33N3O2. The Hall–Kier alpha value is -3.21. The van der Waals surface area contributed by atoms with Gasteiger partial charge >= 0.3 is 0 Å². The average molecular weight is 432 g/mol. The third-order valence-electron chi connectivity index (χ3n) is 5.83. The molecule has 0 radical (unpaired) electrons. The molecule has 1 atom stereocenters. The van der Waals surface area contributed by atoms with E-state index in [2.05, 4.69) is 15.6 Å². The Balaban J connectivity index is 1.84. The lowest BCUT2D eigenvalue weighted by molar-refractivity contribution is -0.124. The van der Waals surface area contributed by atoms with Crippen LogP contribution in [0.4, 0.5) is 0 Å². The van der Waals surface area contributed by atoms with Gasteiger partial charge in [-0.3, -0.25) is 14.6 Å². The van der Waals surface area contributed by atoms with E-state index in [1.165, 1.54) is 25.3 Å². The zero-order chi connectivity index (χ0) is 22.8. The van der Waals surface area contributed by atoms with E-state index in [0.29, 0.717) is 0 Å². The van der Waals surface area contributed by atoms with E-state index >= 15 is 0 Å². The predicted molar refractivity (Wildman–Crippen MR) is 131 cm³/mol. The summed E-state index contributed by atoms with van der Waals surface area (Å²) >= 11 is 0. The highest BCUT2D eigenvalue weighted by molar-refractivity contribution is 6.11. The second kappa shape index (κ2) is 12.0. The second-order valence-electron chi connectivity index (χ2n) is 8.12. The number of hydrogen-bond acceptors (Lipinski definition) is 4. The Morgan fingerprint density at radius 2 is 1.91 bits per heavy atom. The summed E-state index contributed by atoms with van der Waals surface area (Å²) in [5.41, 5.74) is 4.67. The lowest BCUT2D eigenvalue weighted by Gasteiger charge is -2.27. The molecule has 32 heavy (non-hydrogen) atoms. The van der Waals surface area contributed by atoms with E-state index in [0.717, 1.165) is 53.8 Å². The maximum absolute atomic E-state index is 13.3. The first-order valence-electron chi connectivity index (χ1n) is 11.5. The lowest BCUT2D eigenvalue weighted by atomic mass is 9.94. The van der Waals surface area contributed by atoms with Crippen LogP contribution < -0.4 is 10.6 Å². The first-order valence-corrected chi connectivity index (χ1v) is 11.5. The van der Waals surface area contributed by atoms with Gasteiger partial charge < -0.3 is 10.6 Å². The van der Waals surface area contributed by atoms with Crippen molar-refractivity contribution in [2.24, 2.45) is 4.99 Å². The molecule has 1 saturated carbocycles. The summed E-state index contributed by atoms with van der Waals surface area (Å²) in [4.78, 5) is 28.5. The zero-order valence-electron chi connectivity index (χ0n) is 19.0. The highest BCUT2D eigenvalue weighted by Crippen LogP contribution is 2.22. The van der Waals surface area contributed by atoms with E-state index in [1.807, 2.05) is 62.4 Å². The highest BCUT2D eigenvalue weighted by atomic mass is 16.2. The van der Waals surface area contributed by atoms with Crippen LogP contribution in [0.1, 0.15) is 63.1 Å². The number of nitrogens with one attached hydrogen (secondary N) is 2. The standard InChI is InChI=1S/C27H33N3O2/c1-3-21-19-24(16-17-25(21)28-4-2)29-26(27(32)30-23-10-6-5-7-11-23)22-14-12-20(13-15-22)9-8-18-31/h3,8-9,12-19,23,26,29H,4-7,10-11H2,1-2H3,(H,30,32)/b9-8+,21-3-,28-25?. The van der Waals surface area contributed by atoms with Gasteiger partial charge in [0.15, 0.2) is 0 Å². The fourth-order valence-electron chi connectivity index (χ4n) is 4.14. The van der Waals surface area contributed by atoms with Crippen LogP contribution in [0, 0.1) is 0 Å². The molecule has 2 N–H and O–H groups in total. The fourth-order valence-corrected chi connectivity index (χ4v) is 4.14. The molecule has 0 spiro atoms. The molecule has 5 nitrogen and oxygen atoms in total. The monoisotopic (exact) mass is 431 g/mol. The topological polar surface area (TPSA) is 70.6 Å². The van der Waals surface area contributed by atoms with Crippen LogP contribution in [0.5, 0.6) is 0 Å². The molecule has 0 bridgehead atoms. The van der Waals surface area contributed by atoms with E-state index in [-0.39, 0.29) is 11.9 Å². The molecule has 1 fully saturated rings. The molecule has 168 valence electrons. The SMILES string of the molecule is C/C=C1/C=C(NC(C(=O)NC2CCCCC2)c2ccc(/C=C/C=O)cc2)C=CC1=NCC. The largest absolute Gasteiger partial charge is 0.370 e. The van der Waals surface area contributed by atoms with Crippen LogP contribution in [-0.4, -0.2) is 30.5 Å². The number of hydrogen-bond donors (Lipinski definition) is 2. The Morgan fingerprint density at radius 3 is 2.56 bits per heavy atom. The number of carbonyl (C=O) groups excluding carboxylic acids is 2. The maximum Gasteiger partial charge on any atom is 0.247 e. The Labute approximate surface area is 191 Å². The number of nitrogens with zero attached hydrogens (tertiary/aromatic N) is 1. The number of benzene rings is 1. The number of allylic oxidation sites excluding steroid dienone is 6. The molecule has 5 heteroatoms. The zero-order valence-corrected chi connectivity index (χ0v) is 19.0. The fraction of sp³-hybridized carbons (Fsp3) is 0.370. The molecule has 1 amide bonds. The van der Waals surface area contributed by atoms with E-state index in [1.54, 1.807) is 6.08 Å². The van der Waals surface area contributed by atoms with Crippen LogP contribution in [-0.2, 0) is 9.59 Å². The van der Waals surface area contributed by atoms with Crippen molar-refractivity contribution in [3.8, 4) is 0 Å². The molecule has 3 rings (SSSR count). The molecule has 1 aromatic carbocycles. The average Bonchev–Trinajstić information content (AvgIpc) is 2.83. The first-order chi connectivity index (χ1) is 15.6. The van der Waals surface area contributed by atoms with Crippen molar-refractivity contribution >= 4 is 24.0 Å². The molecule has 0 aliphatic heterocycles. The van der Waals surface area contributed by atoms with Crippen LogP contribution in [0.15, 0.2) is 70.9 Å². The normalized spacial score (nSPS) is 20.4. The quantitative estimate of drug-likeness (QED) is 0.457. The highest BCUT2D eigenvalue weighted by Gasteiger charge is 2.25. The van der Waals surface area contributed by atoms with Gasteiger partial charge in [0, 0.05) is 18.3 Å². The summed E-state index contributed by atoms with van der Waals surface area (Å²) in [6, 6.07) is 7.45. The van der Waals surface area contributed by atoms with Crippen LogP contribution in [0.3, 0.4) is 0 Å². The Bertz CT molecular complexity index is 946. The van der Waals surface area contributed by atoms with Crippen molar-refractivity contribution in [1.82, 2.24) is 10.6 Å². The van der Waals surface area contributed by atoms with Crippen molar-refractivity contribution in [1.29, 1.82) is 0 Å². The Morgan fingerprint density at radius 1 is 1.16 bits per heavy atom. The first kappa shape index (κ1) is 23.5. The molecule has 2 aliphatic carbocycles. The molecular weight excluding hydrogens is 398 g/mol. The molecule has 1 unspecified atom stereocenters. The van der Waals surface area contributed by atoms with Crippen LogP contribution >= 0.6 is 0 Å². The molecule has 0 aromatic heterocycles. The second-order valence-corrected chi connectivity index (χ2v) is 8.12. The smallest absolute Gasteiger partial charge is 0.247 e. The van der Waals surface area contributed by atoms with Crippen LogP contribution in [0.25, 0.3) is 6.08 Å². The summed E-state index contributed by atoms with van der Waals surface area (Å²) in [7, 11) is 0. The number of rotatable bonds is 8. The summed E-state index contributed by atoms with van der Waals surface area (Å²) < 4.78 is 0. The number of aldehydes is 1. The van der Waals surface area contributed by atoms with E-state index in [4.69, 9.17) is 0 Å². The van der Waals surface area contributed by atoms with Crippen molar-refractivity contribution < 1.29 is 9.59 Å². The molecule has 1 aromatic rings. The minimum Gasteiger partial charge on any atom is -0.370 e. The minimum atomic E-state index is -0.514. The van der Waals surface area contributed by atoms with Gasteiger partial charge in [-0.15, -0.1) is 0 Å². The summed E-state index contributed by atoms with van der Waals surface area (Å²) in [6.45, 7) is 4.74. The van der Waals surface area contributed by atoms with Gasteiger partial charge in [0.05, 0.1) is 5.71 Å². The van der Waals surface area contributed by atoms with Gasteiger partial charge in [-0.2, -0.15) is 0 Å². The molecule has 0 saturated heterocycles. The number of carbonyl (C=O) groups is 2. The van der Waals surface area contributed by atoms with Gasteiger partial charge in [0.25, 0.3) is 0 Å². The van der Waals surface area contributed by atoms with E-state index in [9.17, 15) is 9.59 Å². The van der Waals surface area contributed by atoms with Crippen molar-refractivity contribution in [2.45, 2.75) is 58.0 Å². The predicted octanol–water partition coefficient (Wildman–Crippen LogP) is 4.84. The third kappa shape index (κ3) is 6.39. The van der Waals surface area contributed by atoms with Gasteiger partial charge in [0.1, 0.15) is 12.3 Å². The van der Waals surface area contributed by atoms with Gasteiger partial charge in [-0.25, -0.2) is 0 Å². The van der Waals surface area contributed by atoms with Gasteiger partial charge in [0.2, 0.25) is 5.91 Å². The number of amides is 1. The summed E-state index contributed by atoms with van der Waals surface area (Å²) in [5.74, 6) is -0.0163. The molecule has 0 heterocycles. The number of aliphatic imine (C=N–C) groups is 1. The van der Waals surface area contributed by atoms with Crippen molar-refractivity contribution in [3.63, 3.8) is 0 Å². The lowest BCUT2D eigenvalue weighted by Crippen LogP contribution is -2.43. The van der Waals surface area contributed by atoms with Gasteiger partial charge in [-0.05, 0) is 67.7 Å². The van der Waals surface area contributed by atoms with Crippen molar-refractivity contribution in [2.75, 3.05) is 6.54 Å². The van der Waals surface area contributed by atoms with E-state index < -0.39 is 6.04 Å². The van der Waals surface area contributed by atoms with Gasteiger partial charge in [-0.1, -0.05) is 55.7 Å².